The van der Waals surface area contributed by atoms with E-state index in [1.165, 1.54) is 0 Å². The zero-order valence-corrected chi connectivity index (χ0v) is 13.4. The van der Waals surface area contributed by atoms with E-state index in [1.807, 2.05) is 60.3 Å². The molecule has 1 amide bonds. The molecular formula is C17H28N2O. The van der Waals surface area contributed by atoms with Crippen molar-refractivity contribution in [3.8, 4) is 0 Å². The molecule has 0 spiro atoms. The van der Waals surface area contributed by atoms with Gasteiger partial charge >= 0.3 is 0 Å². The van der Waals surface area contributed by atoms with E-state index in [0.717, 1.165) is 13.0 Å². The molecule has 2 atom stereocenters. The predicted octanol–water partition coefficient (Wildman–Crippen LogP) is 2.88. The molecule has 0 aliphatic carbocycles. The van der Waals surface area contributed by atoms with Gasteiger partial charge in [-0.3, -0.25) is 9.69 Å². The van der Waals surface area contributed by atoms with Crippen LogP contribution < -0.4 is 0 Å². The quantitative estimate of drug-likeness (QED) is 0.847. The highest BCUT2D eigenvalue weighted by Gasteiger charge is 2.37. The van der Waals surface area contributed by atoms with Crippen molar-refractivity contribution in [1.82, 2.24) is 9.80 Å². The molecule has 0 bridgehead atoms. The maximum Gasteiger partial charge on any atom is 0.240 e. The molecule has 0 radical (unpaired) electrons. The second kappa shape index (κ2) is 8.05. The number of likely N-dealkylation sites (N-methyl/N-ethyl adjacent to an activating group) is 1. The number of hydrogen-bond donors (Lipinski definition) is 0. The summed E-state index contributed by atoms with van der Waals surface area (Å²) in [5, 5.41) is 0. The first-order chi connectivity index (χ1) is 9.43. The number of carbonyl (C=O) groups is 1. The van der Waals surface area contributed by atoms with Crippen LogP contribution in [0.25, 0.3) is 0 Å². The first-order valence-electron chi connectivity index (χ1n) is 7.40. The van der Waals surface area contributed by atoms with Gasteiger partial charge in [-0.05, 0) is 33.4 Å². The maximum atomic E-state index is 12.0. The first kappa shape index (κ1) is 16.7. The number of rotatable bonds is 3. The van der Waals surface area contributed by atoms with Crippen molar-refractivity contribution in [2.45, 2.75) is 39.3 Å². The van der Waals surface area contributed by atoms with Crippen LogP contribution in [0.3, 0.4) is 0 Å². The second-order valence-electron chi connectivity index (χ2n) is 6.10. The van der Waals surface area contributed by atoms with E-state index in [9.17, 15) is 4.79 Å². The Bertz CT molecular complexity index is 363. The molecule has 1 saturated heterocycles. The van der Waals surface area contributed by atoms with Gasteiger partial charge in [-0.25, -0.2) is 0 Å². The lowest BCUT2D eigenvalue weighted by Crippen LogP contribution is -2.40. The zero-order valence-electron chi connectivity index (χ0n) is 13.4. The number of benzene rings is 1. The topological polar surface area (TPSA) is 23.6 Å². The molecule has 3 heteroatoms. The van der Waals surface area contributed by atoms with Gasteiger partial charge in [0.15, 0.2) is 0 Å². The van der Waals surface area contributed by atoms with Gasteiger partial charge < -0.3 is 4.90 Å². The van der Waals surface area contributed by atoms with E-state index in [2.05, 4.69) is 20.8 Å². The smallest absolute Gasteiger partial charge is 0.240 e. The summed E-state index contributed by atoms with van der Waals surface area (Å²) in [4.78, 5) is 16.0. The Balaban J connectivity index is 0.000000276. The fourth-order valence-corrected chi connectivity index (χ4v) is 2.44. The number of nitrogens with zero attached hydrogens (tertiary/aromatic N) is 2. The molecular weight excluding hydrogens is 248 g/mol. The SMILES string of the molecule is CC(C)CN1C(=O)[C@@H](N(C)C)CC1C.c1ccccc1. The lowest BCUT2D eigenvalue weighted by atomic mass is 10.1. The molecule has 0 aromatic heterocycles. The minimum atomic E-state index is 0.101. The van der Waals surface area contributed by atoms with Crippen molar-refractivity contribution in [1.29, 1.82) is 0 Å². The number of amides is 1. The van der Waals surface area contributed by atoms with E-state index in [-0.39, 0.29) is 6.04 Å². The maximum absolute atomic E-state index is 12.0. The first-order valence-corrected chi connectivity index (χ1v) is 7.40. The van der Waals surface area contributed by atoms with Crippen LogP contribution in [0.1, 0.15) is 27.2 Å². The van der Waals surface area contributed by atoms with Crippen LogP contribution in [0.2, 0.25) is 0 Å². The molecule has 0 saturated carbocycles. The number of hydrogen-bond acceptors (Lipinski definition) is 2. The van der Waals surface area contributed by atoms with E-state index in [0.29, 0.717) is 17.9 Å². The summed E-state index contributed by atoms with van der Waals surface area (Å²) in [5.74, 6) is 0.860. The molecule has 20 heavy (non-hydrogen) atoms. The summed E-state index contributed by atoms with van der Waals surface area (Å²) < 4.78 is 0. The predicted molar refractivity (Wildman–Crippen MR) is 84.5 cm³/mol. The zero-order chi connectivity index (χ0) is 15.1. The largest absolute Gasteiger partial charge is 0.338 e. The monoisotopic (exact) mass is 276 g/mol. The van der Waals surface area contributed by atoms with Crippen LogP contribution in [-0.2, 0) is 4.79 Å². The highest BCUT2D eigenvalue weighted by Crippen LogP contribution is 2.22. The molecule has 1 aromatic carbocycles. The van der Waals surface area contributed by atoms with Crippen LogP contribution in [0.5, 0.6) is 0 Å². The van der Waals surface area contributed by atoms with Gasteiger partial charge in [0.2, 0.25) is 5.91 Å². The van der Waals surface area contributed by atoms with Gasteiger partial charge in [0.05, 0.1) is 6.04 Å². The Morgan fingerprint density at radius 1 is 1.15 bits per heavy atom. The fourth-order valence-electron chi connectivity index (χ4n) is 2.44. The minimum absolute atomic E-state index is 0.101. The third kappa shape index (κ3) is 4.97. The summed E-state index contributed by atoms with van der Waals surface area (Å²) in [5.41, 5.74) is 0. The molecule has 1 fully saturated rings. The minimum Gasteiger partial charge on any atom is -0.338 e. The highest BCUT2D eigenvalue weighted by atomic mass is 16.2. The van der Waals surface area contributed by atoms with Gasteiger partial charge in [-0.1, -0.05) is 50.2 Å². The lowest BCUT2D eigenvalue weighted by molar-refractivity contribution is -0.132. The number of carbonyl (C=O) groups excluding carboxylic acids is 1. The van der Waals surface area contributed by atoms with E-state index in [1.54, 1.807) is 0 Å². The third-order valence-electron chi connectivity index (χ3n) is 3.52. The molecule has 1 heterocycles. The molecule has 1 unspecified atom stereocenters. The normalized spacial score (nSPS) is 22.1. The molecule has 1 aliphatic heterocycles. The summed E-state index contributed by atoms with van der Waals surface area (Å²) >= 11 is 0. The van der Waals surface area contributed by atoms with Crippen molar-refractivity contribution >= 4 is 5.91 Å². The average molecular weight is 276 g/mol. The van der Waals surface area contributed by atoms with Gasteiger partial charge in [0.25, 0.3) is 0 Å². The lowest BCUT2D eigenvalue weighted by Gasteiger charge is -2.24. The summed E-state index contributed by atoms with van der Waals surface area (Å²) in [6.45, 7) is 7.35. The Labute approximate surface area is 123 Å². The van der Waals surface area contributed by atoms with Gasteiger partial charge in [-0.15, -0.1) is 0 Å². The van der Waals surface area contributed by atoms with E-state index < -0.39 is 0 Å². The van der Waals surface area contributed by atoms with Crippen LogP contribution in [0, 0.1) is 5.92 Å². The average Bonchev–Trinajstić information content (AvgIpc) is 2.69. The standard InChI is InChI=1S/C11H22N2O.C6H6/c1-8(2)7-13-9(3)6-10(11(13)14)12(4)5;1-2-4-6-5-3-1/h8-10H,6-7H2,1-5H3;1-6H/t9?,10-;/m0./s1. The van der Waals surface area contributed by atoms with Crippen molar-refractivity contribution in [2.75, 3.05) is 20.6 Å². The van der Waals surface area contributed by atoms with E-state index >= 15 is 0 Å². The molecule has 0 N–H and O–H groups in total. The Morgan fingerprint density at radius 3 is 1.90 bits per heavy atom. The van der Waals surface area contributed by atoms with Crippen molar-refractivity contribution in [2.24, 2.45) is 5.92 Å². The van der Waals surface area contributed by atoms with Gasteiger partial charge in [0, 0.05) is 12.6 Å². The van der Waals surface area contributed by atoms with Gasteiger partial charge in [0.1, 0.15) is 0 Å². The highest BCUT2D eigenvalue weighted by molar-refractivity contribution is 5.84. The molecule has 112 valence electrons. The summed E-state index contributed by atoms with van der Waals surface area (Å²) in [7, 11) is 3.96. The number of likely N-dealkylation sites (tertiary alicyclic amines) is 1. The molecule has 3 nitrogen and oxygen atoms in total. The molecule has 1 aliphatic rings. The van der Waals surface area contributed by atoms with Crippen molar-refractivity contribution in [3.05, 3.63) is 36.4 Å². The van der Waals surface area contributed by atoms with Crippen LogP contribution in [0.4, 0.5) is 0 Å². The Hall–Kier alpha value is -1.35. The summed E-state index contributed by atoms with van der Waals surface area (Å²) in [6.07, 6.45) is 0.971. The van der Waals surface area contributed by atoms with Crippen LogP contribution in [-0.4, -0.2) is 48.4 Å². The van der Waals surface area contributed by atoms with Gasteiger partial charge in [-0.2, -0.15) is 0 Å². The Morgan fingerprint density at radius 2 is 1.60 bits per heavy atom. The van der Waals surface area contributed by atoms with E-state index in [4.69, 9.17) is 0 Å². The molecule has 2 rings (SSSR count). The van der Waals surface area contributed by atoms with Crippen molar-refractivity contribution in [3.63, 3.8) is 0 Å². The molecule has 1 aromatic rings. The van der Waals surface area contributed by atoms with Crippen LogP contribution in [0.15, 0.2) is 36.4 Å². The summed E-state index contributed by atoms with van der Waals surface area (Å²) in [6, 6.07) is 12.5. The Kier molecular flexibility index (Phi) is 6.73. The fraction of sp³-hybridized carbons (Fsp3) is 0.588. The second-order valence-corrected chi connectivity index (χ2v) is 6.10. The van der Waals surface area contributed by atoms with Crippen LogP contribution >= 0.6 is 0 Å². The third-order valence-corrected chi connectivity index (χ3v) is 3.52. The van der Waals surface area contributed by atoms with Crippen molar-refractivity contribution < 1.29 is 4.79 Å².